The van der Waals surface area contributed by atoms with E-state index in [0.29, 0.717) is 6.42 Å². The largest absolute Gasteiger partial charge is 0.478 e. The molecular formula is C18H14BrNO3. The molecule has 0 aliphatic carbocycles. The molecule has 1 aliphatic heterocycles. The summed E-state index contributed by atoms with van der Waals surface area (Å²) in [7, 11) is 0. The summed E-state index contributed by atoms with van der Waals surface area (Å²) in [5, 5.41) is 9.00. The molecule has 0 saturated heterocycles. The van der Waals surface area contributed by atoms with Gasteiger partial charge in [-0.3, -0.25) is 4.79 Å². The third kappa shape index (κ3) is 3.35. The van der Waals surface area contributed by atoms with Gasteiger partial charge in [0.15, 0.2) is 5.78 Å². The van der Waals surface area contributed by atoms with Crippen molar-refractivity contribution in [1.29, 1.82) is 0 Å². The van der Waals surface area contributed by atoms with Gasteiger partial charge in [-0.05, 0) is 48.0 Å². The highest BCUT2D eigenvalue weighted by Gasteiger charge is 2.25. The van der Waals surface area contributed by atoms with Gasteiger partial charge in [0.05, 0.1) is 11.6 Å². The lowest BCUT2D eigenvalue weighted by atomic mass is 9.96. The van der Waals surface area contributed by atoms with Gasteiger partial charge in [-0.2, -0.15) is 0 Å². The van der Waals surface area contributed by atoms with E-state index < -0.39 is 5.97 Å². The Balaban J connectivity index is 1.98. The Morgan fingerprint density at radius 2 is 1.91 bits per heavy atom. The van der Waals surface area contributed by atoms with Crippen LogP contribution in [0.4, 0.5) is 5.69 Å². The summed E-state index contributed by atoms with van der Waals surface area (Å²) in [6.45, 7) is 0. The molecule has 0 fully saturated rings. The van der Waals surface area contributed by atoms with Crippen molar-refractivity contribution in [3.8, 4) is 0 Å². The van der Waals surface area contributed by atoms with Gasteiger partial charge in [0.2, 0.25) is 0 Å². The second-order valence-electron chi connectivity index (χ2n) is 5.32. The quantitative estimate of drug-likeness (QED) is 0.878. The number of allylic oxidation sites excluding steroid dienone is 1. The van der Waals surface area contributed by atoms with E-state index in [-0.39, 0.29) is 17.4 Å². The van der Waals surface area contributed by atoms with Crippen molar-refractivity contribution in [1.82, 2.24) is 0 Å². The Morgan fingerprint density at radius 1 is 1.17 bits per heavy atom. The minimum Gasteiger partial charge on any atom is -0.478 e. The summed E-state index contributed by atoms with van der Waals surface area (Å²) in [6, 6.07) is 14.4. The second-order valence-corrected chi connectivity index (χ2v) is 6.23. The number of halogens is 1. The molecule has 2 aromatic carbocycles. The van der Waals surface area contributed by atoms with Crippen molar-refractivity contribution in [3.05, 3.63) is 76.4 Å². The summed E-state index contributed by atoms with van der Waals surface area (Å²) >= 11 is 3.46. The first-order chi connectivity index (χ1) is 11.0. The van der Waals surface area contributed by atoms with Gasteiger partial charge in [0.1, 0.15) is 0 Å². The fraction of sp³-hybridized carbons (Fsp3) is 0.111. The number of carbonyl (C=O) groups is 2. The van der Waals surface area contributed by atoms with Gasteiger partial charge in [-0.15, -0.1) is 0 Å². The molecule has 116 valence electrons. The second kappa shape index (κ2) is 6.38. The molecule has 0 amide bonds. The molecule has 1 N–H and O–H groups in total. The van der Waals surface area contributed by atoms with Crippen LogP contribution in [0.25, 0.3) is 0 Å². The predicted octanol–water partition coefficient (Wildman–Crippen LogP) is 4.18. The van der Waals surface area contributed by atoms with Crippen LogP contribution >= 0.6 is 15.9 Å². The van der Waals surface area contributed by atoms with Gasteiger partial charge in [0.25, 0.3) is 0 Å². The molecule has 0 bridgehead atoms. The van der Waals surface area contributed by atoms with Gasteiger partial charge in [-0.25, -0.2) is 4.79 Å². The van der Waals surface area contributed by atoms with Gasteiger partial charge in [0, 0.05) is 22.8 Å². The fourth-order valence-electron chi connectivity index (χ4n) is 2.66. The Hall–Kier alpha value is -2.40. The summed E-state index contributed by atoms with van der Waals surface area (Å²) in [5.74, 6) is -0.877. The van der Waals surface area contributed by atoms with Crippen LogP contribution in [0.1, 0.15) is 28.4 Å². The molecule has 2 aromatic rings. The van der Waals surface area contributed by atoms with Crippen molar-refractivity contribution in [2.24, 2.45) is 0 Å². The van der Waals surface area contributed by atoms with Crippen molar-refractivity contribution in [3.63, 3.8) is 0 Å². The van der Waals surface area contributed by atoms with Crippen molar-refractivity contribution in [2.75, 3.05) is 4.90 Å². The topological polar surface area (TPSA) is 57.6 Å². The lowest BCUT2D eigenvalue weighted by Gasteiger charge is -2.33. The first-order valence-corrected chi connectivity index (χ1v) is 7.92. The highest BCUT2D eigenvalue weighted by Crippen LogP contribution is 2.34. The minimum absolute atomic E-state index is 0.0772. The number of carboxylic acids is 1. The number of carbonyl (C=O) groups excluding carboxylic acids is 1. The molecule has 3 rings (SSSR count). The lowest BCUT2D eigenvalue weighted by Crippen LogP contribution is -2.29. The van der Waals surface area contributed by atoms with E-state index in [0.717, 1.165) is 15.7 Å². The third-order valence-corrected chi connectivity index (χ3v) is 4.29. The molecule has 0 spiro atoms. The van der Waals surface area contributed by atoms with Crippen LogP contribution in [-0.4, -0.2) is 16.9 Å². The molecule has 4 nitrogen and oxygen atoms in total. The molecule has 0 radical (unpaired) electrons. The molecule has 0 saturated carbocycles. The minimum atomic E-state index is -0.954. The van der Waals surface area contributed by atoms with Crippen LogP contribution in [0, 0.1) is 0 Å². The number of anilines is 1. The average molecular weight is 372 g/mol. The molecule has 1 heterocycles. The smallest absolute Gasteiger partial charge is 0.335 e. The Labute approximate surface area is 142 Å². The fourth-order valence-corrected chi connectivity index (χ4v) is 3.08. The summed E-state index contributed by atoms with van der Waals surface area (Å²) in [5.41, 5.74) is 2.12. The predicted molar refractivity (Wildman–Crippen MR) is 91.5 cm³/mol. The number of aromatic carboxylic acids is 1. The Kier molecular flexibility index (Phi) is 4.30. The van der Waals surface area contributed by atoms with Crippen LogP contribution in [0.3, 0.4) is 0 Å². The van der Waals surface area contributed by atoms with Crippen molar-refractivity contribution < 1.29 is 14.7 Å². The number of hydrogen-bond acceptors (Lipinski definition) is 3. The number of carboxylic acid groups (broad SMARTS) is 1. The van der Waals surface area contributed by atoms with E-state index in [1.807, 2.05) is 29.2 Å². The van der Waals surface area contributed by atoms with Gasteiger partial charge in [-0.1, -0.05) is 28.1 Å². The molecule has 23 heavy (non-hydrogen) atoms. The first kappa shape index (κ1) is 15.5. The molecule has 1 atom stereocenters. The zero-order valence-electron chi connectivity index (χ0n) is 12.1. The monoisotopic (exact) mass is 371 g/mol. The van der Waals surface area contributed by atoms with Gasteiger partial charge < -0.3 is 10.0 Å². The third-order valence-electron chi connectivity index (χ3n) is 3.80. The van der Waals surface area contributed by atoms with E-state index in [9.17, 15) is 9.59 Å². The Bertz CT molecular complexity index is 783. The van der Waals surface area contributed by atoms with E-state index in [1.54, 1.807) is 36.5 Å². The number of ketones is 1. The molecular weight excluding hydrogens is 358 g/mol. The number of benzene rings is 2. The molecule has 1 unspecified atom stereocenters. The zero-order chi connectivity index (χ0) is 16.4. The van der Waals surface area contributed by atoms with Crippen molar-refractivity contribution >= 4 is 33.4 Å². The molecule has 0 aromatic heterocycles. The summed E-state index contributed by atoms with van der Waals surface area (Å²) in [4.78, 5) is 24.8. The maximum absolute atomic E-state index is 11.8. The van der Waals surface area contributed by atoms with E-state index in [1.165, 1.54) is 0 Å². The van der Waals surface area contributed by atoms with Gasteiger partial charge >= 0.3 is 5.97 Å². The average Bonchev–Trinajstić information content (AvgIpc) is 2.55. The van der Waals surface area contributed by atoms with E-state index in [4.69, 9.17) is 5.11 Å². The van der Waals surface area contributed by atoms with Crippen LogP contribution in [0.5, 0.6) is 0 Å². The number of nitrogens with zero attached hydrogens (tertiary/aromatic N) is 1. The van der Waals surface area contributed by atoms with E-state index >= 15 is 0 Å². The molecule has 5 heteroatoms. The first-order valence-electron chi connectivity index (χ1n) is 7.13. The zero-order valence-corrected chi connectivity index (χ0v) is 13.7. The molecule has 1 aliphatic rings. The lowest BCUT2D eigenvalue weighted by molar-refractivity contribution is -0.115. The highest BCUT2D eigenvalue weighted by atomic mass is 79.9. The highest BCUT2D eigenvalue weighted by molar-refractivity contribution is 9.10. The summed E-state index contributed by atoms with van der Waals surface area (Å²) < 4.78 is 0.957. The number of hydrogen-bond donors (Lipinski definition) is 1. The maximum Gasteiger partial charge on any atom is 0.335 e. The normalized spacial score (nSPS) is 17.3. The van der Waals surface area contributed by atoms with Crippen LogP contribution in [-0.2, 0) is 4.79 Å². The number of rotatable bonds is 3. The maximum atomic E-state index is 11.8. The Morgan fingerprint density at radius 3 is 2.57 bits per heavy atom. The SMILES string of the molecule is O=C1C=CN(c2ccc(C(=O)O)cc2)C(c2cccc(Br)c2)C1. The summed E-state index contributed by atoms with van der Waals surface area (Å²) in [6.07, 6.45) is 3.69. The van der Waals surface area contributed by atoms with E-state index in [2.05, 4.69) is 15.9 Å². The van der Waals surface area contributed by atoms with Crippen LogP contribution in [0.2, 0.25) is 0 Å². The van der Waals surface area contributed by atoms with Crippen LogP contribution < -0.4 is 4.90 Å². The standard InChI is InChI=1S/C18H14BrNO3/c19-14-3-1-2-13(10-14)17-11-16(21)8-9-20(17)15-6-4-12(5-7-15)18(22)23/h1-10,17H,11H2,(H,22,23). The van der Waals surface area contributed by atoms with Crippen LogP contribution in [0.15, 0.2) is 65.3 Å². The van der Waals surface area contributed by atoms with Crippen molar-refractivity contribution in [2.45, 2.75) is 12.5 Å².